The fourth-order valence-corrected chi connectivity index (χ4v) is 1.86. The molecule has 0 aliphatic carbocycles. The summed E-state index contributed by atoms with van der Waals surface area (Å²) in [6.45, 7) is 0.795. The molecule has 1 aromatic heterocycles. The van der Waals surface area contributed by atoms with Crippen molar-refractivity contribution in [1.82, 2.24) is 9.88 Å². The van der Waals surface area contributed by atoms with Gasteiger partial charge in [0, 0.05) is 18.1 Å². The van der Waals surface area contributed by atoms with Gasteiger partial charge in [-0.15, -0.1) is 0 Å². The monoisotopic (exact) mass is 218 g/mol. The zero-order chi connectivity index (χ0) is 11.7. The van der Waals surface area contributed by atoms with Gasteiger partial charge in [-0.25, -0.2) is 4.79 Å². The molecule has 0 saturated heterocycles. The Morgan fingerprint density at radius 2 is 2.19 bits per heavy atom. The highest BCUT2D eigenvalue weighted by Gasteiger charge is 2.11. The molecule has 4 nitrogen and oxygen atoms in total. The van der Waals surface area contributed by atoms with E-state index in [0.29, 0.717) is 11.1 Å². The van der Waals surface area contributed by atoms with E-state index in [1.54, 1.807) is 12.1 Å². The van der Waals surface area contributed by atoms with Crippen LogP contribution in [0, 0.1) is 0 Å². The third-order valence-electron chi connectivity index (χ3n) is 2.52. The molecule has 0 aliphatic heterocycles. The minimum Gasteiger partial charge on any atom is -0.478 e. The minimum absolute atomic E-state index is 0.322. The highest BCUT2D eigenvalue weighted by molar-refractivity contribution is 6.02. The van der Waals surface area contributed by atoms with Gasteiger partial charge in [-0.05, 0) is 25.7 Å². The maximum Gasteiger partial charge on any atom is 0.337 e. The van der Waals surface area contributed by atoms with Gasteiger partial charge in [0.05, 0.1) is 11.1 Å². The number of aromatic amines is 1. The third-order valence-corrected chi connectivity index (χ3v) is 2.52. The SMILES string of the molecule is CN(C)Cc1c[nH]c2c(C(=O)O)cccc12. The number of carboxylic acid groups (broad SMARTS) is 1. The van der Waals surface area contributed by atoms with Gasteiger partial charge in [0.2, 0.25) is 0 Å². The molecule has 4 heteroatoms. The van der Waals surface area contributed by atoms with Crippen LogP contribution in [-0.2, 0) is 6.54 Å². The largest absolute Gasteiger partial charge is 0.478 e. The van der Waals surface area contributed by atoms with Crippen LogP contribution in [0.2, 0.25) is 0 Å². The number of nitrogens with zero attached hydrogens (tertiary/aromatic N) is 1. The maximum atomic E-state index is 11.0. The highest BCUT2D eigenvalue weighted by atomic mass is 16.4. The van der Waals surface area contributed by atoms with Gasteiger partial charge in [0.25, 0.3) is 0 Å². The summed E-state index contributed by atoms with van der Waals surface area (Å²) in [5, 5.41) is 10.0. The van der Waals surface area contributed by atoms with Crippen LogP contribution in [0.25, 0.3) is 10.9 Å². The molecule has 0 aliphatic rings. The Balaban J connectivity index is 2.57. The number of aromatic nitrogens is 1. The summed E-state index contributed by atoms with van der Waals surface area (Å²) < 4.78 is 0. The molecule has 0 amide bonds. The number of fused-ring (bicyclic) bond motifs is 1. The van der Waals surface area contributed by atoms with Crippen molar-refractivity contribution in [2.45, 2.75) is 6.54 Å². The molecule has 2 rings (SSSR count). The average molecular weight is 218 g/mol. The van der Waals surface area contributed by atoms with E-state index >= 15 is 0 Å². The van der Waals surface area contributed by atoms with E-state index in [1.807, 2.05) is 26.4 Å². The molecule has 2 N–H and O–H groups in total. The molecule has 0 spiro atoms. The predicted molar refractivity (Wildman–Crippen MR) is 62.6 cm³/mol. The van der Waals surface area contributed by atoms with E-state index in [1.165, 1.54) is 0 Å². The molecule has 0 unspecified atom stereocenters. The smallest absolute Gasteiger partial charge is 0.337 e. The number of aromatic carboxylic acids is 1. The zero-order valence-electron chi connectivity index (χ0n) is 9.32. The summed E-state index contributed by atoms with van der Waals surface area (Å²) in [6, 6.07) is 5.33. The number of benzene rings is 1. The lowest BCUT2D eigenvalue weighted by Crippen LogP contribution is -2.10. The molecule has 2 aromatic rings. The standard InChI is InChI=1S/C12H14N2O2/c1-14(2)7-8-6-13-11-9(8)4-3-5-10(11)12(15)16/h3-6,13H,7H2,1-2H3,(H,15,16). The molecule has 0 fully saturated rings. The van der Waals surface area contributed by atoms with Gasteiger partial charge in [-0.1, -0.05) is 12.1 Å². The molecule has 0 radical (unpaired) electrons. The third kappa shape index (κ3) is 1.79. The van der Waals surface area contributed by atoms with Crippen LogP contribution in [0.5, 0.6) is 0 Å². The summed E-state index contributed by atoms with van der Waals surface area (Å²) in [4.78, 5) is 16.1. The topological polar surface area (TPSA) is 56.3 Å². The van der Waals surface area contributed by atoms with E-state index in [-0.39, 0.29) is 0 Å². The van der Waals surface area contributed by atoms with Crippen molar-refractivity contribution in [3.8, 4) is 0 Å². The van der Waals surface area contributed by atoms with Crippen molar-refractivity contribution in [2.75, 3.05) is 14.1 Å². The van der Waals surface area contributed by atoms with Gasteiger partial charge < -0.3 is 15.0 Å². The Labute approximate surface area is 93.5 Å². The lowest BCUT2D eigenvalue weighted by molar-refractivity contribution is 0.0699. The number of hydrogen-bond acceptors (Lipinski definition) is 2. The zero-order valence-corrected chi connectivity index (χ0v) is 9.32. The quantitative estimate of drug-likeness (QED) is 0.827. The van der Waals surface area contributed by atoms with Crippen molar-refractivity contribution in [3.63, 3.8) is 0 Å². The Morgan fingerprint density at radius 3 is 2.81 bits per heavy atom. The second kappa shape index (κ2) is 3.98. The average Bonchev–Trinajstić information content (AvgIpc) is 2.60. The number of carbonyl (C=O) groups is 1. The van der Waals surface area contributed by atoms with Crippen molar-refractivity contribution >= 4 is 16.9 Å². The minimum atomic E-state index is -0.899. The maximum absolute atomic E-state index is 11.0. The fourth-order valence-electron chi connectivity index (χ4n) is 1.86. The van der Waals surface area contributed by atoms with Crippen LogP contribution in [0.15, 0.2) is 24.4 Å². The number of para-hydroxylation sites is 1. The van der Waals surface area contributed by atoms with Crippen molar-refractivity contribution in [3.05, 3.63) is 35.5 Å². The first-order valence-electron chi connectivity index (χ1n) is 5.06. The Hall–Kier alpha value is -1.81. The van der Waals surface area contributed by atoms with Gasteiger partial charge >= 0.3 is 5.97 Å². The summed E-state index contributed by atoms with van der Waals surface area (Å²) in [5.74, 6) is -0.899. The second-order valence-corrected chi connectivity index (χ2v) is 4.08. The molecule has 0 atom stereocenters. The lowest BCUT2D eigenvalue weighted by Gasteiger charge is -2.07. The Kier molecular flexibility index (Phi) is 2.66. The molecule has 84 valence electrons. The second-order valence-electron chi connectivity index (χ2n) is 4.08. The molecule has 0 bridgehead atoms. The van der Waals surface area contributed by atoms with Crippen LogP contribution < -0.4 is 0 Å². The Bertz CT molecular complexity index is 529. The molecule has 16 heavy (non-hydrogen) atoms. The van der Waals surface area contributed by atoms with Crippen molar-refractivity contribution in [2.24, 2.45) is 0 Å². The van der Waals surface area contributed by atoms with Crippen LogP contribution in [0.4, 0.5) is 0 Å². The van der Waals surface area contributed by atoms with E-state index < -0.39 is 5.97 Å². The number of H-pyrrole nitrogens is 1. The van der Waals surface area contributed by atoms with Crippen LogP contribution in [0.3, 0.4) is 0 Å². The molecular formula is C12H14N2O2. The van der Waals surface area contributed by atoms with E-state index in [9.17, 15) is 4.79 Å². The number of nitrogens with one attached hydrogen (secondary N) is 1. The number of hydrogen-bond donors (Lipinski definition) is 2. The summed E-state index contributed by atoms with van der Waals surface area (Å²) in [5.41, 5.74) is 2.14. The predicted octanol–water partition coefficient (Wildman–Crippen LogP) is 1.93. The fraction of sp³-hybridized carbons (Fsp3) is 0.250. The molecular weight excluding hydrogens is 204 g/mol. The van der Waals surface area contributed by atoms with Crippen LogP contribution in [-0.4, -0.2) is 35.1 Å². The van der Waals surface area contributed by atoms with Gasteiger partial charge in [-0.3, -0.25) is 0 Å². The first kappa shape index (κ1) is 10.7. The first-order valence-corrected chi connectivity index (χ1v) is 5.06. The molecule has 0 saturated carbocycles. The van der Waals surface area contributed by atoms with E-state index in [0.717, 1.165) is 17.5 Å². The molecule has 1 aromatic carbocycles. The van der Waals surface area contributed by atoms with E-state index in [2.05, 4.69) is 9.88 Å². The van der Waals surface area contributed by atoms with Gasteiger partial charge in [0.15, 0.2) is 0 Å². The van der Waals surface area contributed by atoms with Crippen LogP contribution >= 0.6 is 0 Å². The summed E-state index contributed by atoms with van der Waals surface area (Å²) in [7, 11) is 3.97. The lowest BCUT2D eigenvalue weighted by atomic mass is 10.1. The van der Waals surface area contributed by atoms with Crippen molar-refractivity contribution in [1.29, 1.82) is 0 Å². The summed E-state index contributed by atoms with van der Waals surface area (Å²) >= 11 is 0. The normalized spacial score (nSPS) is 11.2. The van der Waals surface area contributed by atoms with Gasteiger partial charge in [-0.2, -0.15) is 0 Å². The molecule has 1 heterocycles. The number of rotatable bonds is 3. The van der Waals surface area contributed by atoms with Crippen molar-refractivity contribution < 1.29 is 9.90 Å². The highest BCUT2D eigenvalue weighted by Crippen LogP contribution is 2.22. The van der Waals surface area contributed by atoms with E-state index in [4.69, 9.17) is 5.11 Å². The van der Waals surface area contributed by atoms with Gasteiger partial charge in [0.1, 0.15) is 0 Å². The summed E-state index contributed by atoms with van der Waals surface area (Å²) in [6.07, 6.45) is 1.87. The number of carboxylic acids is 1. The Morgan fingerprint density at radius 1 is 1.44 bits per heavy atom. The first-order chi connectivity index (χ1) is 7.59. The van der Waals surface area contributed by atoms with Crippen LogP contribution in [0.1, 0.15) is 15.9 Å².